The predicted octanol–water partition coefficient (Wildman–Crippen LogP) is 3.31. The lowest BCUT2D eigenvalue weighted by molar-refractivity contribution is -0.126. The number of halogens is 2. The SMILES string of the molecule is O=C(NCc1ccccc1F)C1CCN(S(=O)(=O)c2ccc(Br)cc2)CC1. The van der Waals surface area contributed by atoms with E-state index >= 15 is 0 Å². The Bertz CT molecular complexity index is 911. The van der Waals surface area contributed by atoms with E-state index in [0.29, 0.717) is 18.4 Å². The van der Waals surface area contributed by atoms with E-state index in [4.69, 9.17) is 0 Å². The van der Waals surface area contributed by atoms with Crippen LogP contribution < -0.4 is 5.32 Å². The Morgan fingerprint density at radius 2 is 1.74 bits per heavy atom. The van der Waals surface area contributed by atoms with Gasteiger partial charge in [0.1, 0.15) is 5.82 Å². The minimum atomic E-state index is -3.56. The maximum absolute atomic E-state index is 13.6. The van der Waals surface area contributed by atoms with Crippen LogP contribution in [0.3, 0.4) is 0 Å². The first kappa shape index (κ1) is 20.0. The van der Waals surface area contributed by atoms with Crippen LogP contribution >= 0.6 is 15.9 Å². The van der Waals surface area contributed by atoms with Crippen molar-refractivity contribution in [3.05, 3.63) is 64.4 Å². The Hall–Kier alpha value is -1.77. The zero-order valence-electron chi connectivity index (χ0n) is 14.6. The first-order valence-electron chi connectivity index (χ1n) is 8.65. The van der Waals surface area contributed by atoms with Gasteiger partial charge in [0.25, 0.3) is 0 Å². The summed E-state index contributed by atoms with van der Waals surface area (Å²) in [5.74, 6) is -0.791. The van der Waals surface area contributed by atoms with Crippen molar-refractivity contribution in [2.45, 2.75) is 24.3 Å². The fourth-order valence-electron chi connectivity index (χ4n) is 3.08. The summed E-state index contributed by atoms with van der Waals surface area (Å²) in [4.78, 5) is 12.6. The van der Waals surface area contributed by atoms with Crippen LogP contribution in [0.2, 0.25) is 0 Å². The van der Waals surface area contributed by atoms with Crippen molar-refractivity contribution in [1.29, 1.82) is 0 Å². The fourth-order valence-corrected chi connectivity index (χ4v) is 4.82. The lowest BCUT2D eigenvalue weighted by Gasteiger charge is -2.30. The van der Waals surface area contributed by atoms with Crippen LogP contribution in [0.5, 0.6) is 0 Å². The molecule has 1 fully saturated rings. The maximum atomic E-state index is 13.6. The molecule has 27 heavy (non-hydrogen) atoms. The first-order valence-corrected chi connectivity index (χ1v) is 10.9. The van der Waals surface area contributed by atoms with Crippen molar-refractivity contribution in [3.8, 4) is 0 Å². The molecular weight excluding hydrogens is 435 g/mol. The van der Waals surface area contributed by atoms with E-state index < -0.39 is 10.0 Å². The number of piperidine rings is 1. The summed E-state index contributed by atoms with van der Waals surface area (Å²) in [6, 6.07) is 12.8. The molecule has 1 aliphatic heterocycles. The molecule has 144 valence electrons. The van der Waals surface area contributed by atoms with E-state index in [-0.39, 0.29) is 42.2 Å². The Labute approximate surface area is 166 Å². The number of carbonyl (C=O) groups excluding carboxylic acids is 1. The molecule has 1 heterocycles. The zero-order chi connectivity index (χ0) is 19.4. The van der Waals surface area contributed by atoms with E-state index in [1.807, 2.05) is 0 Å². The van der Waals surface area contributed by atoms with Gasteiger partial charge in [-0.25, -0.2) is 12.8 Å². The molecule has 1 N–H and O–H groups in total. The highest BCUT2D eigenvalue weighted by atomic mass is 79.9. The molecule has 0 unspecified atom stereocenters. The van der Waals surface area contributed by atoms with Crippen LogP contribution in [0.15, 0.2) is 57.9 Å². The minimum Gasteiger partial charge on any atom is -0.352 e. The van der Waals surface area contributed by atoms with Crippen LogP contribution in [0, 0.1) is 11.7 Å². The summed E-state index contributed by atoms with van der Waals surface area (Å²) in [6.45, 7) is 0.704. The zero-order valence-corrected chi connectivity index (χ0v) is 17.0. The van der Waals surface area contributed by atoms with Crippen molar-refractivity contribution in [2.75, 3.05) is 13.1 Å². The Morgan fingerprint density at radius 3 is 2.37 bits per heavy atom. The van der Waals surface area contributed by atoms with Gasteiger partial charge in [0.05, 0.1) is 4.90 Å². The Morgan fingerprint density at radius 1 is 1.11 bits per heavy atom. The number of hydrogen-bond acceptors (Lipinski definition) is 3. The van der Waals surface area contributed by atoms with Crippen LogP contribution in [0.1, 0.15) is 18.4 Å². The van der Waals surface area contributed by atoms with Crippen LogP contribution in [0.25, 0.3) is 0 Å². The van der Waals surface area contributed by atoms with Gasteiger partial charge in [0.2, 0.25) is 15.9 Å². The molecule has 2 aromatic rings. The second kappa shape index (κ2) is 8.50. The summed E-state index contributed by atoms with van der Waals surface area (Å²) >= 11 is 3.29. The lowest BCUT2D eigenvalue weighted by Crippen LogP contribution is -2.42. The van der Waals surface area contributed by atoms with Crippen LogP contribution in [-0.2, 0) is 21.4 Å². The normalized spacial score (nSPS) is 16.2. The largest absolute Gasteiger partial charge is 0.352 e. The number of rotatable bonds is 5. The summed E-state index contributed by atoms with van der Waals surface area (Å²) in [7, 11) is -3.56. The minimum absolute atomic E-state index is 0.128. The molecule has 8 heteroatoms. The molecule has 0 bridgehead atoms. The molecule has 2 aromatic carbocycles. The number of benzene rings is 2. The molecule has 0 aliphatic carbocycles. The third-order valence-corrected chi connectivity index (χ3v) is 7.13. The average molecular weight is 455 g/mol. The van der Waals surface area contributed by atoms with Crippen LogP contribution in [0.4, 0.5) is 4.39 Å². The highest BCUT2D eigenvalue weighted by Crippen LogP contribution is 2.25. The summed E-state index contributed by atoms with van der Waals surface area (Å²) in [5.41, 5.74) is 0.432. The van der Waals surface area contributed by atoms with Gasteiger partial charge in [0, 0.05) is 35.6 Å². The number of hydrogen-bond donors (Lipinski definition) is 1. The molecule has 5 nitrogen and oxygen atoms in total. The summed E-state index contributed by atoms with van der Waals surface area (Å²) in [5, 5.41) is 2.75. The monoisotopic (exact) mass is 454 g/mol. The lowest BCUT2D eigenvalue weighted by atomic mass is 9.97. The van der Waals surface area contributed by atoms with Gasteiger partial charge in [0.15, 0.2) is 0 Å². The van der Waals surface area contributed by atoms with Crippen LogP contribution in [-0.4, -0.2) is 31.7 Å². The molecule has 1 saturated heterocycles. The highest BCUT2D eigenvalue weighted by Gasteiger charge is 2.32. The molecule has 1 amide bonds. The van der Waals surface area contributed by atoms with Gasteiger partial charge in [-0.2, -0.15) is 4.31 Å². The molecule has 0 aromatic heterocycles. The number of sulfonamides is 1. The Kier molecular flexibility index (Phi) is 6.29. The molecular formula is C19H20BrFN2O3S. The smallest absolute Gasteiger partial charge is 0.243 e. The van der Waals surface area contributed by atoms with Crippen molar-refractivity contribution < 1.29 is 17.6 Å². The summed E-state index contributed by atoms with van der Waals surface area (Å²) in [6.07, 6.45) is 0.887. The third kappa shape index (κ3) is 4.75. The molecule has 0 spiro atoms. The predicted molar refractivity (Wildman–Crippen MR) is 104 cm³/mol. The molecule has 3 rings (SSSR count). The van der Waals surface area contributed by atoms with E-state index in [1.165, 1.54) is 10.4 Å². The molecule has 1 aliphatic rings. The van der Waals surface area contributed by atoms with Crippen molar-refractivity contribution in [2.24, 2.45) is 5.92 Å². The van der Waals surface area contributed by atoms with Crippen molar-refractivity contribution >= 4 is 31.9 Å². The average Bonchev–Trinajstić information content (AvgIpc) is 2.67. The first-order chi connectivity index (χ1) is 12.9. The van der Waals surface area contributed by atoms with Gasteiger partial charge in [-0.1, -0.05) is 34.1 Å². The standard InChI is InChI=1S/C19H20BrFN2O3S/c20-16-5-7-17(8-6-16)27(25,26)23-11-9-14(10-12-23)19(24)22-13-15-3-1-2-4-18(15)21/h1-8,14H,9-13H2,(H,22,24). The fraction of sp³-hybridized carbons (Fsp3) is 0.316. The van der Waals surface area contributed by atoms with Crippen molar-refractivity contribution in [1.82, 2.24) is 9.62 Å². The third-order valence-electron chi connectivity index (χ3n) is 4.69. The molecule has 0 atom stereocenters. The highest BCUT2D eigenvalue weighted by molar-refractivity contribution is 9.10. The van der Waals surface area contributed by atoms with E-state index in [2.05, 4.69) is 21.2 Å². The topological polar surface area (TPSA) is 66.5 Å². The van der Waals surface area contributed by atoms with Crippen molar-refractivity contribution in [3.63, 3.8) is 0 Å². The van der Waals surface area contributed by atoms with Gasteiger partial charge >= 0.3 is 0 Å². The van der Waals surface area contributed by atoms with E-state index in [1.54, 1.807) is 42.5 Å². The molecule has 0 saturated carbocycles. The van der Waals surface area contributed by atoms with E-state index in [9.17, 15) is 17.6 Å². The number of carbonyl (C=O) groups is 1. The number of nitrogens with zero attached hydrogens (tertiary/aromatic N) is 1. The quantitative estimate of drug-likeness (QED) is 0.753. The number of amides is 1. The van der Waals surface area contributed by atoms with Gasteiger partial charge in [-0.05, 0) is 43.2 Å². The van der Waals surface area contributed by atoms with Gasteiger partial charge < -0.3 is 5.32 Å². The van der Waals surface area contributed by atoms with E-state index in [0.717, 1.165) is 4.47 Å². The summed E-state index contributed by atoms with van der Waals surface area (Å²) < 4.78 is 41.2. The second-order valence-corrected chi connectivity index (χ2v) is 9.30. The number of nitrogens with one attached hydrogen (secondary N) is 1. The van der Waals surface area contributed by atoms with Gasteiger partial charge in [-0.3, -0.25) is 4.79 Å². The maximum Gasteiger partial charge on any atom is 0.243 e. The second-order valence-electron chi connectivity index (χ2n) is 6.44. The molecule has 0 radical (unpaired) electrons. The van der Waals surface area contributed by atoms with Gasteiger partial charge in [-0.15, -0.1) is 0 Å². The Balaban J connectivity index is 1.56.